The van der Waals surface area contributed by atoms with Gasteiger partial charge in [-0.1, -0.05) is 24.3 Å². The molecule has 41 heavy (non-hydrogen) atoms. The maximum absolute atomic E-state index is 11.7. The molecule has 2 aliphatic rings. The van der Waals surface area contributed by atoms with Crippen LogP contribution in [0.5, 0.6) is 23.0 Å². The molecule has 0 aromatic heterocycles. The van der Waals surface area contributed by atoms with Gasteiger partial charge in [0.2, 0.25) is 0 Å². The summed E-state index contributed by atoms with van der Waals surface area (Å²) < 4.78 is 51.8. The van der Waals surface area contributed by atoms with Crippen LogP contribution in [0.15, 0.2) is 54.6 Å². The number of carbonyl (C=O) groups excluding carboxylic acids is 1. The summed E-state index contributed by atoms with van der Waals surface area (Å²) in [6.07, 6.45) is 4.22. The first-order chi connectivity index (χ1) is 19.7. The van der Waals surface area contributed by atoms with Gasteiger partial charge in [-0.2, -0.15) is 0 Å². The number of rotatable bonds is 13. The van der Waals surface area contributed by atoms with E-state index < -0.39 is 9.84 Å². The number of benzene rings is 3. The van der Waals surface area contributed by atoms with Crippen LogP contribution in [0.1, 0.15) is 48.3 Å². The van der Waals surface area contributed by atoms with Gasteiger partial charge in [0.25, 0.3) is 0 Å². The molecule has 5 rings (SSSR count). The van der Waals surface area contributed by atoms with Gasteiger partial charge >= 0.3 is 5.97 Å². The Labute approximate surface area is 241 Å². The number of carbonyl (C=O) groups is 1. The quantitative estimate of drug-likeness (QED) is 0.189. The van der Waals surface area contributed by atoms with E-state index in [1.807, 2.05) is 49.4 Å². The maximum atomic E-state index is 11.7. The minimum absolute atomic E-state index is 0.0113. The molecule has 0 radical (unpaired) electrons. The van der Waals surface area contributed by atoms with Crippen molar-refractivity contribution in [2.45, 2.75) is 51.2 Å². The fraction of sp³-hybridized carbons (Fsp3) is 0.406. The Hall–Kier alpha value is -3.72. The van der Waals surface area contributed by atoms with Crippen LogP contribution in [0.2, 0.25) is 0 Å². The lowest BCUT2D eigenvalue weighted by Gasteiger charge is -2.17. The predicted octanol–water partition coefficient (Wildman–Crippen LogP) is 5.63. The highest BCUT2D eigenvalue weighted by atomic mass is 32.2. The molecule has 1 saturated carbocycles. The molecule has 0 amide bonds. The topological polar surface area (TPSA) is 97.4 Å². The van der Waals surface area contributed by atoms with Crippen molar-refractivity contribution in [3.8, 4) is 34.1 Å². The van der Waals surface area contributed by atoms with Crippen molar-refractivity contribution in [3.05, 3.63) is 71.3 Å². The highest BCUT2D eigenvalue weighted by Gasteiger charge is 2.28. The van der Waals surface area contributed by atoms with Crippen molar-refractivity contribution in [2.75, 3.05) is 32.3 Å². The van der Waals surface area contributed by atoms with E-state index in [0.717, 1.165) is 52.2 Å². The van der Waals surface area contributed by atoms with Crippen molar-refractivity contribution in [2.24, 2.45) is 0 Å². The molecule has 0 N–H and O–H groups in total. The minimum atomic E-state index is -3.02. The van der Waals surface area contributed by atoms with Crippen molar-refractivity contribution < 1.29 is 36.9 Å². The molecule has 3 aromatic carbocycles. The van der Waals surface area contributed by atoms with Gasteiger partial charge in [0.15, 0.2) is 0 Å². The highest BCUT2D eigenvalue weighted by Crippen LogP contribution is 2.41. The SMILES string of the molecule is COC(=O)C[C@@H]1COc2cc(OCc3cccc(-c4c(C)cc(OCCCS(C)(=O)=O)cc4OC4CC4)c3)ccc21. The van der Waals surface area contributed by atoms with E-state index in [1.54, 1.807) is 0 Å². The lowest BCUT2D eigenvalue weighted by molar-refractivity contribution is -0.141. The van der Waals surface area contributed by atoms with E-state index in [1.165, 1.54) is 13.4 Å². The summed E-state index contributed by atoms with van der Waals surface area (Å²) in [5.41, 5.74) is 5.03. The second-order valence-corrected chi connectivity index (χ2v) is 13.0. The van der Waals surface area contributed by atoms with Crippen molar-refractivity contribution >= 4 is 15.8 Å². The Morgan fingerprint density at radius 3 is 2.61 bits per heavy atom. The predicted molar refractivity (Wildman–Crippen MR) is 156 cm³/mol. The lowest BCUT2D eigenvalue weighted by atomic mass is 9.97. The van der Waals surface area contributed by atoms with E-state index in [-0.39, 0.29) is 23.7 Å². The molecule has 1 aliphatic heterocycles. The smallest absolute Gasteiger partial charge is 0.306 e. The first-order valence-corrected chi connectivity index (χ1v) is 15.9. The molecule has 9 heteroatoms. The summed E-state index contributed by atoms with van der Waals surface area (Å²) in [6.45, 7) is 3.17. The average Bonchev–Trinajstić information content (AvgIpc) is 3.67. The Morgan fingerprint density at radius 1 is 1.02 bits per heavy atom. The zero-order valence-corrected chi connectivity index (χ0v) is 24.5. The Kier molecular flexibility index (Phi) is 8.73. The molecular formula is C32H36O8S. The van der Waals surface area contributed by atoms with Gasteiger partial charge < -0.3 is 23.7 Å². The zero-order chi connectivity index (χ0) is 29.0. The fourth-order valence-electron chi connectivity index (χ4n) is 4.93. The second kappa shape index (κ2) is 12.4. The van der Waals surface area contributed by atoms with Gasteiger partial charge in [-0.3, -0.25) is 4.79 Å². The summed E-state index contributed by atoms with van der Waals surface area (Å²) in [5, 5.41) is 0. The van der Waals surface area contributed by atoms with Crippen molar-refractivity contribution in [1.29, 1.82) is 0 Å². The molecule has 1 fully saturated rings. The van der Waals surface area contributed by atoms with E-state index in [2.05, 4.69) is 12.1 Å². The van der Waals surface area contributed by atoms with E-state index in [4.69, 9.17) is 23.7 Å². The summed E-state index contributed by atoms with van der Waals surface area (Å²) in [7, 11) is -1.63. The number of hydrogen-bond acceptors (Lipinski definition) is 8. The molecule has 0 spiro atoms. The Bertz CT molecular complexity index is 1510. The molecule has 1 atom stereocenters. The molecule has 3 aromatic rings. The first kappa shape index (κ1) is 28.8. The average molecular weight is 581 g/mol. The molecule has 1 aliphatic carbocycles. The van der Waals surface area contributed by atoms with Crippen LogP contribution in [0.4, 0.5) is 0 Å². The van der Waals surface area contributed by atoms with Gasteiger partial charge in [0.1, 0.15) is 39.4 Å². The Balaban J connectivity index is 1.28. The normalized spacial score (nSPS) is 16.0. The van der Waals surface area contributed by atoms with Crippen molar-refractivity contribution in [1.82, 2.24) is 0 Å². The highest BCUT2D eigenvalue weighted by molar-refractivity contribution is 7.90. The van der Waals surface area contributed by atoms with Crippen LogP contribution in [-0.2, 0) is 26.0 Å². The van der Waals surface area contributed by atoms with Gasteiger partial charge in [-0.25, -0.2) is 8.42 Å². The minimum Gasteiger partial charge on any atom is -0.493 e. The zero-order valence-electron chi connectivity index (χ0n) is 23.7. The molecule has 218 valence electrons. The van der Waals surface area contributed by atoms with Gasteiger partial charge in [-0.15, -0.1) is 0 Å². The first-order valence-electron chi connectivity index (χ1n) is 13.9. The summed E-state index contributed by atoms with van der Waals surface area (Å²) in [6, 6.07) is 17.8. The number of fused-ring (bicyclic) bond motifs is 1. The van der Waals surface area contributed by atoms with Gasteiger partial charge in [0, 0.05) is 35.4 Å². The largest absolute Gasteiger partial charge is 0.493 e. The fourth-order valence-corrected chi connectivity index (χ4v) is 5.57. The van der Waals surface area contributed by atoms with Crippen LogP contribution >= 0.6 is 0 Å². The molecule has 0 unspecified atom stereocenters. The monoisotopic (exact) mass is 580 g/mol. The van der Waals surface area contributed by atoms with Crippen LogP contribution in [0, 0.1) is 6.92 Å². The number of esters is 1. The number of methoxy groups -OCH3 is 1. The van der Waals surface area contributed by atoms with Crippen LogP contribution in [0.3, 0.4) is 0 Å². The molecular weight excluding hydrogens is 544 g/mol. The van der Waals surface area contributed by atoms with E-state index in [0.29, 0.717) is 44.2 Å². The molecule has 1 heterocycles. The van der Waals surface area contributed by atoms with Crippen molar-refractivity contribution in [3.63, 3.8) is 0 Å². The van der Waals surface area contributed by atoms with Crippen LogP contribution in [0.25, 0.3) is 11.1 Å². The maximum Gasteiger partial charge on any atom is 0.306 e. The second-order valence-electron chi connectivity index (χ2n) is 10.7. The third kappa shape index (κ3) is 7.73. The van der Waals surface area contributed by atoms with E-state index in [9.17, 15) is 13.2 Å². The van der Waals surface area contributed by atoms with Gasteiger partial charge in [-0.05, 0) is 61.1 Å². The number of aryl methyl sites for hydroxylation is 1. The van der Waals surface area contributed by atoms with Gasteiger partial charge in [0.05, 0.1) is 38.6 Å². The van der Waals surface area contributed by atoms with Crippen LogP contribution < -0.4 is 18.9 Å². The lowest BCUT2D eigenvalue weighted by Crippen LogP contribution is -2.09. The molecule has 0 bridgehead atoms. The molecule has 8 nitrogen and oxygen atoms in total. The molecule has 0 saturated heterocycles. The Morgan fingerprint density at radius 2 is 1.85 bits per heavy atom. The summed E-state index contributed by atoms with van der Waals surface area (Å²) in [5.74, 6) is 2.70. The standard InChI is InChI=1S/C32H36O8S/c1-21-14-27(37-12-5-13-41(3,34)35)18-30(40-25-8-9-25)32(21)23-7-4-6-22(15-23)19-38-26-10-11-28-24(16-31(33)36-2)20-39-29(28)17-26/h4,6-7,10-11,14-15,17-18,24-25H,5,8-9,12-13,16,19-20H2,1-3H3/t24-/m1/s1. The summed E-state index contributed by atoms with van der Waals surface area (Å²) >= 11 is 0. The summed E-state index contributed by atoms with van der Waals surface area (Å²) in [4.78, 5) is 11.7. The number of hydrogen-bond donors (Lipinski definition) is 0. The third-order valence-corrected chi connectivity index (χ3v) is 8.18. The van der Waals surface area contributed by atoms with E-state index >= 15 is 0 Å². The third-order valence-electron chi connectivity index (χ3n) is 7.15. The number of ether oxygens (including phenoxy) is 5. The number of sulfone groups is 1. The van der Waals surface area contributed by atoms with Crippen LogP contribution in [-0.4, -0.2) is 52.8 Å².